The maximum atomic E-state index is 6.80. The predicted octanol–water partition coefficient (Wildman–Crippen LogP) is 6.12. The van der Waals surface area contributed by atoms with Gasteiger partial charge >= 0.3 is 0 Å². The van der Waals surface area contributed by atoms with Crippen molar-refractivity contribution in [1.29, 1.82) is 0 Å². The summed E-state index contributed by atoms with van der Waals surface area (Å²) < 4.78 is 12.6. The minimum Gasteiger partial charge on any atom is -0.374 e. The highest BCUT2D eigenvalue weighted by Gasteiger charge is 2.37. The third-order valence-corrected chi connectivity index (χ3v) is 5.57. The molecule has 1 aliphatic heterocycles. The normalized spacial score (nSPS) is 16.8. The molecule has 1 aliphatic rings. The standard InChI is InChI=1S/C27H28O2/c1-22-20-26(28-21-22)18-11-19-29-27(23-12-5-2-6-13-23,24-14-7-3-8-15-24)25-16-9-4-10-17-25/h2-10,12-17,26H,1,11,18-21H2. The molecule has 1 atom stereocenters. The largest absolute Gasteiger partial charge is 0.374 e. The summed E-state index contributed by atoms with van der Waals surface area (Å²) in [5, 5.41) is 0. The number of ether oxygens (including phenoxy) is 2. The van der Waals surface area contributed by atoms with E-state index in [9.17, 15) is 0 Å². The van der Waals surface area contributed by atoms with Gasteiger partial charge in [0.25, 0.3) is 0 Å². The van der Waals surface area contributed by atoms with Gasteiger partial charge in [0.1, 0.15) is 5.60 Å². The Bertz CT molecular complexity index is 806. The maximum absolute atomic E-state index is 6.80. The van der Waals surface area contributed by atoms with Crippen molar-refractivity contribution in [2.45, 2.75) is 31.0 Å². The molecule has 1 heterocycles. The fourth-order valence-corrected chi connectivity index (χ4v) is 4.17. The summed E-state index contributed by atoms with van der Waals surface area (Å²) in [6, 6.07) is 31.6. The molecule has 1 unspecified atom stereocenters. The van der Waals surface area contributed by atoms with E-state index in [2.05, 4.69) is 97.6 Å². The average Bonchev–Trinajstić information content (AvgIpc) is 3.21. The van der Waals surface area contributed by atoms with Crippen LogP contribution in [0.15, 0.2) is 103 Å². The van der Waals surface area contributed by atoms with Crippen LogP contribution in [0.4, 0.5) is 0 Å². The molecule has 0 saturated carbocycles. The maximum Gasteiger partial charge on any atom is 0.143 e. The Morgan fingerprint density at radius 2 is 1.28 bits per heavy atom. The van der Waals surface area contributed by atoms with Crippen LogP contribution in [0.2, 0.25) is 0 Å². The third kappa shape index (κ3) is 4.34. The molecule has 0 spiro atoms. The first kappa shape index (κ1) is 19.6. The summed E-state index contributed by atoms with van der Waals surface area (Å²) in [6.45, 7) is 5.39. The summed E-state index contributed by atoms with van der Waals surface area (Å²) in [5.41, 5.74) is 3.99. The molecule has 3 aromatic rings. The van der Waals surface area contributed by atoms with Crippen LogP contribution in [-0.2, 0) is 15.1 Å². The zero-order valence-electron chi connectivity index (χ0n) is 16.8. The molecule has 3 aromatic carbocycles. The Labute approximate surface area is 173 Å². The first-order chi connectivity index (χ1) is 14.3. The highest BCUT2D eigenvalue weighted by molar-refractivity contribution is 5.47. The van der Waals surface area contributed by atoms with Gasteiger partial charge < -0.3 is 9.47 Å². The number of benzene rings is 3. The minimum atomic E-state index is -0.635. The summed E-state index contributed by atoms with van der Waals surface area (Å²) in [5.74, 6) is 0. The second-order valence-electron chi connectivity index (χ2n) is 7.66. The van der Waals surface area contributed by atoms with E-state index in [1.54, 1.807) is 0 Å². The van der Waals surface area contributed by atoms with Crippen LogP contribution in [0, 0.1) is 0 Å². The van der Waals surface area contributed by atoms with E-state index in [4.69, 9.17) is 9.47 Å². The summed E-state index contributed by atoms with van der Waals surface area (Å²) in [7, 11) is 0. The molecule has 0 aliphatic carbocycles. The molecule has 29 heavy (non-hydrogen) atoms. The van der Waals surface area contributed by atoms with Crippen LogP contribution in [-0.4, -0.2) is 19.3 Å². The van der Waals surface area contributed by atoms with Gasteiger partial charge in [0, 0.05) is 6.61 Å². The molecule has 0 aromatic heterocycles. The molecular formula is C27H28O2. The Kier molecular flexibility index (Phi) is 6.24. The van der Waals surface area contributed by atoms with Gasteiger partial charge in [-0.3, -0.25) is 0 Å². The minimum absolute atomic E-state index is 0.283. The lowest BCUT2D eigenvalue weighted by Crippen LogP contribution is -2.33. The SMILES string of the molecule is C=C1COC(CCCOC(c2ccccc2)(c2ccccc2)c2ccccc2)C1. The molecule has 4 rings (SSSR count). The van der Waals surface area contributed by atoms with Crippen molar-refractivity contribution >= 4 is 0 Å². The van der Waals surface area contributed by atoms with Crippen LogP contribution in [0.25, 0.3) is 0 Å². The van der Waals surface area contributed by atoms with Crippen LogP contribution >= 0.6 is 0 Å². The van der Waals surface area contributed by atoms with Crippen LogP contribution in [0.3, 0.4) is 0 Å². The topological polar surface area (TPSA) is 18.5 Å². The molecule has 1 saturated heterocycles. The van der Waals surface area contributed by atoms with Crippen molar-refractivity contribution in [2.75, 3.05) is 13.2 Å². The molecule has 2 heteroatoms. The monoisotopic (exact) mass is 384 g/mol. The molecule has 0 radical (unpaired) electrons. The van der Waals surface area contributed by atoms with E-state index >= 15 is 0 Å². The molecule has 2 nitrogen and oxygen atoms in total. The van der Waals surface area contributed by atoms with Crippen molar-refractivity contribution in [1.82, 2.24) is 0 Å². The van der Waals surface area contributed by atoms with Crippen molar-refractivity contribution in [3.05, 3.63) is 120 Å². The molecule has 148 valence electrons. The van der Waals surface area contributed by atoms with E-state index in [1.165, 1.54) is 5.57 Å². The number of rotatable bonds is 8. The Balaban J connectivity index is 1.65. The van der Waals surface area contributed by atoms with Gasteiger partial charge in [0.2, 0.25) is 0 Å². The Morgan fingerprint density at radius 3 is 1.69 bits per heavy atom. The first-order valence-corrected chi connectivity index (χ1v) is 10.4. The predicted molar refractivity (Wildman–Crippen MR) is 118 cm³/mol. The van der Waals surface area contributed by atoms with E-state index in [0.717, 1.165) is 36.0 Å². The zero-order chi connectivity index (χ0) is 19.9. The van der Waals surface area contributed by atoms with Crippen LogP contribution in [0.5, 0.6) is 0 Å². The third-order valence-electron chi connectivity index (χ3n) is 5.57. The highest BCUT2D eigenvalue weighted by Crippen LogP contribution is 2.40. The second-order valence-corrected chi connectivity index (χ2v) is 7.66. The van der Waals surface area contributed by atoms with Gasteiger partial charge in [-0.05, 0) is 41.5 Å². The average molecular weight is 385 g/mol. The summed E-state index contributed by atoms with van der Waals surface area (Å²) in [4.78, 5) is 0. The van der Waals surface area contributed by atoms with Crippen molar-refractivity contribution in [3.8, 4) is 0 Å². The molecular weight excluding hydrogens is 356 g/mol. The second kappa shape index (κ2) is 9.21. The molecule has 1 fully saturated rings. The van der Waals surface area contributed by atoms with Crippen molar-refractivity contribution < 1.29 is 9.47 Å². The fraction of sp³-hybridized carbons (Fsp3) is 0.259. The summed E-state index contributed by atoms with van der Waals surface area (Å²) in [6.07, 6.45) is 3.20. The quantitative estimate of drug-likeness (QED) is 0.265. The van der Waals surface area contributed by atoms with E-state index in [1.807, 2.05) is 0 Å². The Morgan fingerprint density at radius 1 is 0.793 bits per heavy atom. The highest BCUT2D eigenvalue weighted by atomic mass is 16.5. The van der Waals surface area contributed by atoms with E-state index in [-0.39, 0.29) is 6.10 Å². The fourth-order valence-electron chi connectivity index (χ4n) is 4.17. The number of hydrogen-bond acceptors (Lipinski definition) is 2. The van der Waals surface area contributed by atoms with E-state index in [0.29, 0.717) is 13.2 Å². The van der Waals surface area contributed by atoms with Crippen molar-refractivity contribution in [3.63, 3.8) is 0 Å². The van der Waals surface area contributed by atoms with Gasteiger partial charge in [-0.15, -0.1) is 0 Å². The molecule has 0 N–H and O–H groups in total. The van der Waals surface area contributed by atoms with Gasteiger partial charge in [0.15, 0.2) is 0 Å². The Hall–Kier alpha value is -2.68. The summed E-state index contributed by atoms with van der Waals surface area (Å²) >= 11 is 0. The smallest absolute Gasteiger partial charge is 0.143 e. The lowest BCUT2D eigenvalue weighted by molar-refractivity contribution is 0.00424. The molecule has 0 amide bonds. The van der Waals surface area contributed by atoms with Gasteiger partial charge in [0.05, 0.1) is 12.7 Å². The van der Waals surface area contributed by atoms with Gasteiger partial charge in [-0.1, -0.05) is 97.6 Å². The van der Waals surface area contributed by atoms with Gasteiger partial charge in [-0.25, -0.2) is 0 Å². The van der Waals surface area contributed by atoms with E-state index < -0.39 is 5.60 Å². The van der Waals surface area contributed by atoms with Crippen LogP contribution < -0.4 is 0 Å². The first-order valence-electron chi connectivity index (χ1n) is 10.4. The van der Waals surface area contributed by atoms with Crippen LogP contribution in [0.1, 0.15) is 36.0 Å². The lowest BCUT2D eigenvalue weighted by atomic mass is 9.80. The zero-order valence-corrected chi connectivity index (χ0v) is 16.8. The van der Waals surface area contributed by atoms with Gasteiger partial charge in [-0.2, -0.15) is 0 Å². The molecule has 0 bridgehead atoms. The number of hydrogen-bond donors (Lipinski definition) is 0. The lowest BCUT2D eigenvalue weighted by Gasteiger charge is -2.36. The van der Waals surface area contributed by atoms with Crippen molar-refractivity contribution in [2.24, 2.45) is 0 Å².